The number of rotatable bonds is 2. The molecule has 0 spiro atoms. The van der Waals surface area contributed by atoms with Crippen LogP contribution in [-0.4, -0.2) is 5.78 Å². The number of ketones is 1. The van der Waals surface area contributed by atoms with Gasteiger partial charge in [-0.05, 0) is 30.6 Å². The second-order valence-electron chi connectivity index (χ2n) is 5.66. The minimum atomic E-state index is 0.0492. The highest BCUT2D eigenvalue weighted by molar-refractivity contribution is 5.76. The van der Waals surface area contributed by atoms with Gasteiger partial charge in [-0.15, -0.1) is 0 Å². The molecule has 1 heteroatoms. The van der Waals surface area contributed by atoms with Gasteiger partial charge in [-0.3, -0.25) is 4.79 Å². The number of carbonyl (C=O) groups is 1. The highest BCUT2D eigenvalue weighted by Crippen LogP contribution is 2.51. The first-order valence-electron chi connectivity index (χ1n) is 5.47. The van der Waals surface area contributed by atoms with Crippen molar-refractivity contribution in [2.45, 2.75) is 53.4 Å². The van der Waals surface area contributed by atoms with Gasteiger partial charge in [0.2, 0.25) is 0 Å². The Morgan fingerprint density at radius 1 is 1.36 bits per heavy atom. The van der Waals surface area contributed by atoms with E-state index in [0.717, 1.165) is 6.42 Å². The largest absolute Gasteiger partial charge is 0.300 e. The molecule has 0 N–H and O–H groups in total. The van der Waals surface area contributed by atoms with E-state index in [0.29, 0.717) is 6.42 Å². The molecule has 0 heterocycles. The van der Waals surface area contributed by atoms with Crippen LogP contribution in [0.15, 0.2) is 12.2 Å². The van der Waals surface area contributed by atoms with E-state index < -0.39 is 0 Å². The Kier molecular flexibility index (Phi) is 2.89. The summed E-state index contributed by atoms with van der Waals surface area (Å²) in [5, 5.41) is 0. The molecule has 14 heavy (non-hydrogen) atoms. The topological polar surface area (TPSA) is 17.1 Å². The van der Waals surface area contributed by atoms with Crippen molar-refractivity contribution in [3.63, 3.8) is 0 Å². The molecule has 0 aromatic heterocycles. The molecule has 80 valence electrons. The SMILES string of the molecule is C=C1C(C)(C)CCCC1(C)CC(C)=O. The highest BCUT2D eigenvalue weighted by atomic mass is 16.1. The number of allylic oxidation sites excluding steroid dienone is 1. The zero-order valence-corrected chi connectivity index (χ0v) is 9.94. The lowest BCUT2D eigenvalue weighted by Gasteiger charge is -2.45. The van der Waals surface area contributed by atoms with Crippen molar-refractivity contribution in [3.05, 3.63) is 12.2 Å². The van der Waals surface area contributed by atoms with Crippen LogP contribution in [0.25, 0.3) is 0 Å². The molecule has 0 amide bonds. The maximum absolute atomic E-state index is 11.2. The predicted molar refractivity (Wildman–Crippen MR) is 60.2 cm³/mol. The van der Waals surface area contributed by atoms with Crippen molar-refractivity contribution in [3.8, 4) is 0 Å². The van der Waals surface area contributed by atoms with Crippen LogP contribution in [0.2, 0.25) is 0 Å². The van der Waals surface area contributed by atoms with Crippen molar-refractivity contribution in [2.75, 3.05) is 0 Å². The quantitative estimate of drug-likeness (QED) is 0.612. The lowest BCUT2D eigenvalue weighted by atomic mass is 9.59. The molecule has 1 aliphatic rings. The van der Waals surface area contributed by atoms with Crippen LogP contribution in [0.4, 0.5) is 0 Å². The lowest BCUT2D eigenvalue weighted by molar-refractivity contribution is -0.119. The summed E-state index contributed by atoms with van der Waals surface area (Å²) in [6.45, 7) is 12.6. The maximum atomic E-state index is 11.2. The van der Waals surface area contributed by atoms with Crippen LogP contribution in [0.5, 0.6) is 0 Å². The van der Waals surface area contributed by atoms with Crippen molar-refractivity contribution < 1.29 is 4.79 Å². The van der Waals surface area contributed by atoms with Gasteiger partial charge in [0, 0.05) is 6.42 Å². The molecular weight excluding hydrogens is 172 g/mol. The molecule has 0 aromatic carbocycles. The third-order valence-electron chi connectivity index (χ3n) is 3.71. The number of Topliss-reactive ketones (excluding diaryl/α,β-unsaturated/α-hetero) is 1. The van der Waals surface area contributed by atoms with Gasteiger partial charge in [-0.25, -0.2) is 0 Å². The third kappa shape index (κ3) is 2.08. The van der Waals surface area contributed by atoms with E-state index in [-0.39, 0.29) is 16.6 Å². The van der Waals surface area contributed by atoms with E-state index in [2.05, 4.69) is 27.4 Å². The fourth-order valence-electron chi connectivity index (χ4n) is 2.78. The average Bonchev–Trinajstić information content (AvgIpc) is 1.98. The zero-order valence-electron chi connectivity index (χ0n) is 9.94. The summed E-state index contributed by atoms with van der Waals surface area (Å²) < 4.78 is 0. The van der Waals surface area contributed by atoms with E-state index >= 15 is 0 Å². The second kappa shape index (κ2) is 3.52. The van der Waals surface area contributed by atoms with Gasteiger partial charge >= 0.3 is 0 Å². The summed E-state index contributed by atoms with van der Waals surface area (Å²) in [4.78, 5) is 11.2. The monoisotopic (exact) mass is 194 g/mol. The first-order valence-corrected chi connectivity index (χ1v) is 5.47. The van der Waals surface area contributed by atoms with Gasteiger partial charge in [0.1, 0.15) is 5.78 Å². The Bertz CT molecular complexity index is 262. The van der Waals surface area contributed by atoms with Gasteiger partial charge in [0.25, 0.3) is 0 Å². The van der Waals surface area contributed by atoms with Gasteiger partial charge in [-0.1, -0.05) is 39.3 Å². The molecular formula is C13H22O. The fraction of sp³-hybridized carbons (Fsp3) is 0.769. The zero-order chi connectivity index (χ0) is 11.0. The van der Waals surface area contributed by atoms with Gasteiger partial charge in [0.05, 0.1) is 0 Å². The van der Waals surface area contributed by atoms with Gasteiger partial charge in [0.15, 0.2) is 0 Å². The van der Waals surface area contributed by atoms with Crippen molar-refractivity contribution >= 4 is 5.78 Å². The van der Waals surface area contributed by atoms with E-state index in [1.54, 1.807) is 6.92 Å². The first-order chi connectivity index (χ1) is 6.28. The van der Waals surface area contributed by atoms with Crippen LogP contribution in [0.3, 0.4) is 0 Å². The Morgan fingerprint density at radius 2 is 1.93 bits per heavy atom. The second-order valence-corrected chi connectivity index (χ2v) is 5.66. The smallest absolute Gasteiger partial charge is 0.130 e. The molecule has 0 aromatic rings. The van der Waals surface area contributed by atoms with E-state index in [9.17, 15) is 4.79 Å². The van der Waals surface area contributed by atoms with Crippen LogP contribution in [0, 0.1) is 10.8 Å². The molecule has 1 saturated carbocycles. The number of hydrogen-bond donors (Lipinski definition) is 0. The van der Waals surface area contributed by atoms with Gasteiger partial charge < -0.3 is 0 Å². The molecule has 0 bridgehead atoms. The molecule has 1 unspecified atom stereocenters. The molecule has 0 saturated heterocycles. The molecule has 1 aliphatic carbocycles. The third-order valence-corrected chi connectivity index (χ3v) is 3.71. The Morgan fingerprint density at radius 3 is 2.43 bits per heavy atom. The minimum absolute atomic E-state index is 0.0492. The number of carbonyl (C=O) groups excluding carboxylic acids is 1. The highest BCUT2D eigenvalue weighted by Gasteiger charge is 2.40. The standard InChI is InChI=1S/C13H22O/c1-10(14)9-13(5)8-6-7-12(3,4)11(13)2/h2,6-9H2,1,3-5H3. The predicted octanol–water partition coefficient (Wildman–Crippen LogP) is 3.74. The van der Waals surface area contributed by atoms with Crippen LogP contribution in [0.1, 0.15) is 53.4 Å². The Hall–Kier alpha value is -0.590. The Labute approximate surface area is 87.6 Å². The summed E-state index contributed by atoms with van der Waals surface area (Å²) in [5.41, 5.74) is 1.53. The minimum Gasteiger partial charge on any atom is -0.300 e. The molecule has 1 atom stereocenters. The van der Waals surface area contributed by atoms with E-state index in [1.165, 1.54) is 18.4 Å². The van der Waals surface area contributed by atoms with Crippen molar-refractivity contribution in [1.82, 2.24) is 0 Å². The summed E-state index contributed by atoms with van der Waals surface area (Å²) in [7, 11) is 0. The van der Waals surface area contributed by atoms with E-state index in [4.69, 9.17) is 0 Å². The molecule has 0 radical (unpaired) electrons. The number of hydrogen-bond acceptors (Lipinski definition) is 1. The van der Waals surface area contributed by atoms with Crippen molar-refractivity contribution in [2.24, 2.45) is 10.8 Å². The summed E-state index contributed by atoms with van der Waals surface area (Å²) in [5.74, 6) is 0.284. The summed E-state index contributed by atoms with van der Waals surface area (Å²) >= 11 is 0. The average molecular weight is 194 g/mol. The van der Waals surface area contributed by atoms with Crippen LogP contribution < -0.4 is 0 Å². The summed E-state index contributed by atoms with van der Waals surface area (Å²) in [6, 6.07) is 0. The van der Waals surface area contributed by atoms with Crippen molar-refractivity contribution in [1.29, 1.82) is 0 Å². The molecule has 1 fully saturated rings. The molecule has 0 aliphatic heterocycles. The lowest BCUT2D eigenvalue weighted by Crippen LogP contribution is -2.35. The maximum Gasteiger partial charge on any atom is 0.130 e. The Balaban J connectivity index is 2.88. The van der Waals surface area contributed by atoms with Gasteiger partial charge in [-0.2, -0.15) is 0 Å². The van der Waals surface area contributed by atoms with Crippen LogP contribution >= 0.6 is 0 Å². The molecule has 1 nitrogen and oxygen atoms in total. The fourth-order valence-corrected chi connectivity index (χ4v) is 2.78. The molecule has 1 rings (SSSR count). The normalized spacial score (nSPS) is 31.6. The van der Waals surface area contributed by atoms with Crippen LogP contribution in [-0.2, 0) is 4.79 Å². The summed E-state index contributed by atoms with van der Waals surface area (Å²) in [6.07, 6.45) is 4.21. The first kappa shape index (κ1) is 11.5. The van der Waals surface area contributed by atoms with E-state index in [1.807, 2.05) is 0 Å².